The summed E-state index contributed by atoms with van der Waals surface area (Å²) < 4.78 is 13.2. The molecule has 4 unspecified atom stereocenters. The van der Waals surface area contributed by atoms with Gasteiger partial charge in [-0.15, -0.1) is 11.3 Å². The first kappa shape index (κ1) is 16.4. The van der Waals surface area contributed by atoms with E-state index in [-0.39, 0.29) is 30.5 Å². The molecule has 2 rings (SSSR count). The van der Waals surface area contributed by atoms with Gasteiger partial charge in [0.25, 0.3) is 0 Å². The Balaban J connectivity index is 2.08. The second-order valence-electron chi connectivity index (χ2n) is 5.65. The molecule has 1 aromatic rings. The minimum Gasteiger partial charge on any atom is -0.375 e. The fourth-order valence-electron chi connectivity index (χ4n) is 2.73. The van der Waals surface area contributed by atoms with E-state index in [1.807, 2.05) is 0 Å². The van der Waals surface area contributed by atoms with E-state index >= 15 is 0 Å². The summed E-state index contributed by atoms with van der Waals surface area (Å²) in [6.45, 7) is 6.34. The van der Waals surface area contributed by atoms with Crippen molar-refractivity contribution >= 4 is 27.3 Å². The highest BCUT2D eigenvalue weighted by molar-refractivity contribution is 9.10. The molecule has 1 aromatic heterocycles. The van der Waals surface area contributed by atoms with E-state index in [4.69, 9.17) is 15.2 Å². The van der Waals surface area contributed by atoms with Gasteiger partial charge in [0.1, 0.15) is 6.10 Å². The second kappa shape index (κ2) is 7.36. The SMILES string of the molecule is CCC(N)C(OC1CC(C)OC(C)C1)c1cc(Br)cs1. The Morgan fingerprint density at radius 2 is 2.10 bits per heavy atom. The van der Waals surface area contributed by atoms with Crippen molar-refractivity contribution in [2.75, 3.05) is 0 Å². The topological polar surface area (TPSA) is 44.5 Å². The van der Waals surface area contributed by atoms with Gasteiger partial charge in [0.05, 0.1) is 18.3 Å². The Hall–Kier alpha value is 0.0600. The number of halogens is 1. The van der Waals surface area contributed by atoms with Crippen molar-refractivity contribution in [3.05, 3.63) is 20.8 Å². The van der Waals surface area contributed by atoms with Crippen LogP contribution >= 0.6 is 27.3 Å². The molecule has 5 heteroatoms. The zero-order valence-corrected chi connectivity index (χ0v) is 14.7. The zero-order chi connectivity index (χ0) is 14.7. The molecule has 4 atom stereocenters. The molecule has 114 valence electrons. The maximum absolute atomic E-state index is 6.37. The van der Waals surface area contributed by atoms with Crippen LogP contribution in [0.4, 0.5) is 0 Å². The molecule has 20 heavy (non-hydrogen) atoms. The summed E-state index contributed by atoms with van der Waals surface area (Å²) in [7, 11) is 0. The Morgan fingerprint density at radius 3 is 2.60 bits per heavy atom. The highest BCUT2D eigenvalue weighted by Gasteiger charge is 2.30. The third kappa shape index (κ3) is 4.28. The van der Waals surface area contributed by atoms with E-state index in [1.165, 1.54) is 4.88 Å². The lowest BCUT2D eigenvalue weighted by Gasteiger charge is -2.35. The molecule has 1 fully saturated rings. The van der Waals surface area contributed by atoms with Gasteiger partial charge in [-0.25, -0.2) is 0 Å². The Bertz CT molecular complexity index is 416. The molecule has 2 N–H and O–H groups in total. The summed E-state index contributed by atoms with van der Waals surface area (Å²) in [4.78, 5) is 1.21. The maximum atomic E-state index is 6.37. The highest BCUT2D eigenvalue weighted by atomic mass is 79.9. The van der Waals surface area contributed by atoms with Gasteiger partial charge >= 0.3 is 0 Å². The normalized spacial score (nSPS) is 30.1. The van der Waals surface area contributed by atoms with Crippen LogP contribution in [0.15, 0.2) is 15.9 Å². The molecule has 0 spiro atoms. The van der Waals surface area contributed by atoms with Gasteiger partial charge in [-0.1, -0.05) is 6.92 Å². The standard InChI is InChI=1S/C15H24BrNO2S/c1-4-13(17)15(14-7-11(16)8-20-14)19-12-5-9(2)18-10(3)6-12/h7-10,12-13,15H,4-6,17H2,1-3H3. The molecular weight excluding hydrogens is 338 g/mol. The molecule has 0 aliphatic carbocycles. The third-order valence-corrected chi connectivity index (χ3v) is 5.48. The monoisotopic (exact) mass is 361 g/mol. The summed E-state index contributed by atoms with van der Waals surface area (Å²) in [6.07, 6.45) is 3.55. The molecule has 0 bridgehead atoms. The molecule has 1 aliphatic rings. The summed E-state index contributed by atoms with van der Waals surface area (Å²) in [6, 6.07) is 2.16. The van der Waals surface area contributed by atoms with E-state index in [0.29, 0.717) is 0 Å². The first-order valence-corrected chi connectivity index (χ1v) is 8.97. The fraction of sp³-hybridized carbons (Fsp3) is 0.733. The lowest BCUT2D eigenvalue weighted by molar-refractivity contribution is -0.126. The van der Waals surface area contributed by atoms with E-state index < -0.39 is 0 Å². The average Bonchev–Trinajstić information content (AvgIpc) is 2.80. The number of nitrogens with two attached hydrogens (primary N) is 1. The van der Waals surface area contributed by atoms with Gasteiger partial charge in [-0.2, -0.15) is 0 Å². The van der Waals surface area contributed by atoms with E-state index in [0.717, 1.165) is 23.7 Å². The van der Waals surface area contributed by atoms with Gasteiger partial charge in [0.2, 0.25) is 0 Å². The zero-order valence-electron chi connectivity index (χ0n) is 12.3. The van der Waals surface area contributed by atoms with Crippen molar-refractivity contribution in [3.63, 3.8) is 0 Å². The Labute approximate surface area is 134 Å². The van der Waals surface area contributed by atoms with Gasteiger partial charge in [-0.05, 0) is 55.1 Å². The number of hydrogen-bond acceptors (Lipinski definition) is 4. The van der Waals surface area contributed by atoms with Crippen LogP contribution in [0.25, 0.3) is 0 Å². The number of ether oxygens (including phenoxy) is 2. The van der Waals surface area contributed by atoms with Crippen molar-refractivity contribution in [1.82, 2.24) is 0 Å². The average molecular weight is 362 g/mol. The van der Waals surface area contributed by atoms with Crippen molar-refractivity contribution < 1.29 is 9.47 Å². The summed E-state index contributed by atoms with van der Waals surface area (Å²) >= 11 is 5.22. The summed E-state index contributed by atoms with van der Waals surface area (Å²) in [5, 5.41) is 2.09. The third-order valence-electron chi connectivity index (χ3n) is 3.72. The lowest BCUT2D eigenvalue weighted by atomic mass is 10.0. The molecule has 1 aliphatic heterocycles. The lowest BCUT2D eigenvalue weighted by Crippen LogP contribution is -2.38. The number of rotatable bonds is 5. The van der Waals surface area contributed by atoms with Gasteiger partial charge in [0, 0.05) is 20.8 Å². The van der Waals surface area contributed by atoms with Crippen LogP contribution in [0.1, 0.15) is 51.0 Å². The summed E-state index contributed by atoms with van der Waals surface area (Å²) in [5.41, 5.74) is 6.28. The quantitative estimate of drug-likeness (QED) is 0.851. The van der Waals surface area contributed by atoms with Gasteiger partial charge in [0.15, 0.2) is 0 Å². The molecule has 0 aromatic carbocycles. The predicted octanol–water partition coefficient (Wildman–Crippen LogP) is 4.26. The van der Waals surface area contributed by atoms with Crippen LogP contribution in [0.5, 0.6) is 0 Å². The molecule has 0 saturated carbocycles. The van der Waals surface area contributed by atoms with Crippen LogP contribution in [0.2, 0.25) is 0 Å². The van der Waals surface area contributed by atoms with Crippen LogP contribution in [0, 0.1) is 0 Å². The number of hydrogen-bond donors (Lipinski definition) is 1. The molecule has 1 saturated heterocycles. The van der Waals surface area contributed by atoms with Gasteiger partial charge in [-0.3, -0.25) is 0 Å². The second-order valence-corrected chi connectivity index (χ2v) is 7.51. The molecule has 2 heterocycles. The van der Waals surface area contributed by atoms with E-state index in [1.54, 1.807) is 11.3 Å². The fourth-order valence-corrected chi connectivity index (χ4v) is 4.29. The minimum absolute atomic E-state index is 0.0150. The Kier molecular flexibility index (Phi) is 6.05. The van der Waals surface area contributed by atoms with Crippen molar-refractivity contribution in [2.24, 2.45) is 5.73 Å². The van der Waals surface area contributed by atoms with Crippen molar-refractivity contribution in [1.29, 1.82) is 0 Å². The Morgan fingerprint density at radius 1 is 1.45 bits per heavy atom. The smallest absolute Gasteiger partial charge is 0.107 e. The van der Waals surface area contributed by atoms with E-state index in [9.17, 15) is 0 Å². The first-order valence-electron chi connectivity index (χ1n) is 7.30. The highest BCUT2D eigenvalue weighted by Crippen LogP contribution is 2.34. The first-order chi connectivity index (χ1) is 9.49. The van der Waals surface area contributed by atoms with Crippen molar-refractivity contribution in [3.8, 4) is 0 Å². The predicted molar refractivity (Wildman–Crippen MR) is 87.1 cm³/mol. The minimum atomic E-state index is -0.0150. The van der Waals surface area contributed by atoms with Crippen molar-refractivity contribution in [2.45, 2.75) is 70.5 Å². The number of thiophene rings is 1. The van der Waals surface area contributed by atoms with Crippen LogP contribution < -0.4 is 5.73 Å². The van der Waals surface area contributed by atoms with Crippen LogP contribution in [0.3, 0.4) is 0 Å². The molecule has 0 amide bonds. The molecule has 3 nitrogen and oxygen atoms in total. The summed E-state index contributed by atoms with van der Waals surface area (Å²) in [5.74, 6) is 0. The largest absolute Gasteiger partial charge is 0.375 e. The maximum Gasteiger partial charge on any atom is 0.107 e. The molecule has 0 radical (unpaired) electrons. The van der Waals surface area contributed by atoms with E-state index in [2.05, 4.69) is 48.1 Å². The van der Waals surface area contributed by atoms with Crippen LogP contribution in [-0.4, -0.2) is 24.4 Å². The van der Waals surface area contributed by atoms with Crippen LogP contribution in [-0.2, 0) is 9.47 Å². The van der Waals surface area contributed by atoms with Gasteiger partial charge < -0.3 is 15.2 Å². The molecular formula is C15H24BrNO2S.